The van der Waals surface area contributed by atoms with E-state index in [1.807, 2.05) is 13.0 Å². The summed E-state index contributed by atoms with van der Waals surface area (Å²) in [5, 5.41) is 0. The number of carbonyl (C=O) groups is 2. The molecule has 0 amide bonds. The van der Waals surface area contributed by atoms with Crippen LogP contribution in [0.2, 0.25) is 0 Å². The topological polar surface area (TPSA) is 52.6 Å². The highest BCUT2D eigenvalue weighted by molar-refractivity contribution is 6.14. The van der Waals surface area contributed by atoms with Gasteiger partial charge in [-0.1, -0.05) is 93.2 Å². The average molecular weight is 703 g/mol. The van der Waals surface area contributed by atoms with Crippen molar-refractivity contribution in [3.8, 4) is 0 Å². The van der Waals surface area contributed by atoms with Gasteiger partial charge in [-0.15, -0.1) is 0 Å². The number of rotatable bonds is 26. The summed E-state index contributed by atoms with van der Waals surface area (Å²) in [5.41, 5.74) is 11.3. The van der Waals surface area contributed by atoms with Crippen LogP contribution in [0.4, 0.5) is 0 Å². The molecule has 0 aromatic heterocycles. The Hall–Kier alpha value is -3.40. The van der Waals surface area contributed by atoms with Crippen LogP contribution < -0.4 is 0 Å². The zero-order valence-electron chi connectivity index (χ0n) is 34.6. The van der Waals surface area contributed by atoms with E-state index in [1.54, 1.807) is 13.8 Å². The number of hydrogen-bond acceptors (Lipinski definition) is 4. The molecule has 0 spiro atoms. The van der Waals surface area contributed by atoms with Gasteiger partial charge in [0.2, 0.25) is 0 Å². The predicted molar refractivity (Wildman–Crippen MR) is 222 cm³/mol. The van der Waals surface area contributed by atoms with Gasteiger partial charge in [0.15, 0.2) is 0 Å². The van der Waals surface area contributed by atoms with Crippen LogP contribution in [0.15, 0.2) is 105 Å². The van der Waals surface area contributed by atoms with Gasteiger partial charge in [-0.25, -0.2) is 9.59 Å². The largest absolute Gasteiger partial charge is 0.462 e. The van der Waals surface area contributed by atoms with E-state index in [9.17, 15) is 9.59 Å². The minimum Gasteiger partial charge on any atom is -0.462 e. The molecule has 0 aromatic carbocycles. The van der Waals surface area contributed by atoms with Crippen molar-refractivity contribution in [2.24, 2.45) is 0 Å². The molecule has 0 aromatic rings. The first kappa shape index (κ1) is 47.6. The van der Waals surface area contributed by atoms with Gasteiger partial charge in [0.1, 0.15) is 5.57 Å². The van der Waals surface area contributed by atoms with Gasteiger partial charge in [0, 0.05) is 0 Å². The van der Waals surface area contributed by atoms with Gasteiger partial charge in [-0.05, 0) is 172 Å². The van der Waals surface area contributed by atoms with Crippen molar-refractivity contribution in [1.29, 1.82) is 0 Å². The van der Waals surface area contributed by atoms with E-state index in [0.29, 0.717) is 0 Å². The molecular weight excluding hydrogens is 629 g/mol. The summed E-state index contributed by atoms with van der Waals surface area (Å²) in [5.74, 6) is -1.30. The minimum absolute atomic E-state index is 0.0688. The number of esters is 2. The zero-order chi connectivity index (χ0) is 38.4. The number of hydrogen-bond donors (Lipinski definition) is 0. The Bertz CT molecular complexity index is 1300. The molecule has 0 heterocycles. The fourth-order valence-corrected chi connectivity index (χ4v) is 5.42. The summed E-state index contributed by atoms with van der Waals surface area (Å²) in [6.07, 6.45) is 35.4. The smallest absolute Gasteiger partial charge is 0.345 e. The molecule has 286 valence electrons. The number of carbonyl (C=O) groups excluding carboxylic acids is 2. The highest BCUT2D eigenvalue weighted by Crippen LogP contribution is 2.17. The van der Waals surface area contributed by atoms with Gasteiger partial charge in [0.05, 0.1) is 13.2 Å². The highest BCUT2D eigenvalue weighted by atomic mass is 16.6. The fourth-order valence-electron chi connectivity index (χ4n) is 5.42. The zero-order valence-corrected chi connectivity index (χ0v) is 34.6. The molecular formula is C47H74O4. The summed E-state index contributed by atoms with van der Waals surface area (Å²) in [6, 6.07) is 0. The monoisotopic (exact) mass is 703 g/mol. The van der Waals surface area contributed by atoms with Gasteiger partial charge < -0.3 is 9.47 Å². The molecule has 0 radical (unpaired) electrons. The van der Waals surface area contributed by atoms with Crippen LogP contribution in [0.3, 0.4) is 0 Å². The van der Waals surface area contributed by atoms with Crippen molar-refractivity contribution >= 4 is 11.9 Å². The van der Waals surface area contributed by atoms with Crippen molar-refractivity contribution in [1.82, 2.24) is 0 Å². The lowest BCUT2D eigenvalue weighted by Crippen LogP contribution is -2.18. The van der Waals surface area contributed by atoms with Crippen LogP contribution in [0.5, 0.6) is 0 Å². The molecule has 4 nitrogen and oxygen atoms in total. The summed E-state index contributed by atoms with van der Waals surface area (Å²) >= 11 is 0. The van der Waals surface area contributed by atoms with Crippen molar-refractivity contribution in [2.45, 2.75) is 166 Å². The maximum atomic E-state index is 12.1. The van der Waals surface area contributed by atoms with Gasteiger partial charge in [0.25, 0.3) is 0 Å². The third-order valence-corrected chi connectivity index (χ3v) is 8.81. The SMILES string of the molecule is CCOC(=O)C(=C/C=C(/C)CC/C=C(/C)CC/C=C(/C)CC/C=C(/C)CC/C=C(/C)CC/C=C(\C)CC/C=C(\C)CCC=C(C)C)C(=O)OCC. The Morgan fingerprint density at radius 2 is 0.627 bits per heavy atom. The molecule has 0 bridgehead atoms. The first-order chi connectivity index (χ1) is 24.3. The van der Waals surface area contributed by atoms with E-state index in [2.05, 4.69) is 97.9 Å². The Morgan fingerprint density at radius 3 is 0.882 bits per heavy atom. The van der Waals surface area contributed by atoms with Crippen LogP contribution in [-0.2, 0) is 19.1 Å². The van der Waals surface area contributed by atoms with Crippen molar-refractivity contribution in [2.75, 3.05) is 13.2 Å². The number of ether oxygens (including phenoxy) is 2. The highest BCUT2D eigenvalue weighted by Gasteiger charge is 2.20. The average Bonchev–Trinajstić information content (AvgIpc) is 3.05. The first-order valence-electron chi connectivity index (χ1n) is 19.6. The Morgan fingerprint density at radius 1 is 0.373 bits per heavy atom. The lowest BCUT2D eigenvalue weighted by Gasteiger charge is -2.06. The second-order valence-corrected chi connectivity index (χ2v) is 14.4. The lowest BCUT2D eigenvalue weighted by molar-refractivity contribution is -0.146. The molecule has 51 heavy (non-hydrogen) atoms. The van der Waals surface area contributed by atoms with Crippen LogP contribution in [0.25, 0.3) is 0 Å². The van der Waals surface area contributed by atoms with Crippen molar-refractivity contribution in [3.63, 3.8) is 0 Å². The first-order valence-corrected chi connectivity index (χ1v) is 19.6. The van der Waals surface area contributed by atoms with E-state index < -0.39 is 11.9 Å². The fraction of sp³-hybridized carbons (Fsp3) is 0.574. The summed E-state index contributed by atoms with van der Waals surface area (Å²) in [7, 11) is 0. The third-order valence-electron chi connectivity index (χ3n) is 8.81. The van der Waals surface area contributed by atoms with Crippen molar-refractivity contribution < 1.29 is 19.1 Å². The maximum absolute atomic E-state index is 12.1. The van der Waals surface area contributed by atoms with E-state index in [4.69, 9.17) is 9.47 Å². The Kier molecular flexibility index (Phi) is 28.2. The summed E-state index contributed by atoms with van der Waals surface area (Å²) in [6.45, 7) is 23.7. The summed E-state index contributed by atoms with van der Waals surface area (Å²) in [4.78, 5) is 24.2. The van der Waals surface area contributed by atoms with E-state index in [-0.39, 0.29) is 18.8 Å². The molecule has 0 saturated carbocycles. The van der Waals surface area contributed by atoms with Gasteiger partial charge >= 0.3 is 11.9 Å². The summed E-state index contributed by atoms with van der Waals surface area (Å²) < 4.78 is 10.00. The van der Waals surface area contributed by atoms with Crippen LogP contribution in [-0.4, -0.2) is 25.2 Å². The molecule has 0 aliphatic rings. The van der Waals surface area contributed by atoms with Gasteiger partial charge in [-0.2, -0.15) is 0 Å². The van der Waals surface area contributed by atoms with E-state index >= 15 is 0 Å². The quantitative estimate of drug-likeness (QED) is 0.0225. The molecule has 0 aliphatic heterocycles. The van der Waals surface area contributed by atoms with Crippen LogP contribution in [0, 0.1) is 0 Å². The molecule has 0 unspecified atom stereocenters. The molecule has 0 rings (SSSR count). The Balaban J connectivity index is 4.46. The van der Waals surface area contributed by atoms with E-state index in [0.717, 1.165) is 82.6 Å². The minimum atomic E-state index is -0.649. The Labute approximate surface area is 314 Å². The third kappa shape index (κ3) is 27.9. The van der Waals surface area contributed by atoms with Crippen LogP contribution >= 0.6 is 0 Å². The normalized spacial score (nSPS) is 13.7. The molecule has 0 fully saturated rings. The maximum Gasteiger partial charge on any atom is 0.345 e. The molecule has 0 aliphatic carbocycles. The molecule has 4 heteroatoms. The van der Waals surface area contributed by atoms with Crippen LogP contribution in [0.1, 0.15) is 166 Å². The second-order valence-electron chi connectivity index (χ2n) is 14.4. The number of allylic oxidation sites excluding steroid dienone is 17. The second kappa shape index (κ2) is 30.2. The van der Waals surface area contributed by atoms with E-state index in [1.165, 1.54) is 57.9 Å². The standard InChI is InChI=1S/C47H74O4/c1-12-50-46(48)45(47(49)51-13-2)36-35-44(11)34-20-33-43(10)32-19-31-42(9)30-18-29-41(8)28-17-27-40(7)26-16-25-39(6)24-15-23-38(5)22-14-21-37(3)4/h21,23,25,27,29,31,33,35-36H,12-20,22,24,26,28,30,32,34H2,1-11H3/b38-23+,39-25+,40-27-,41-29-,42-31-,43-33-,44-35-. The lowest BCUT2D eigenvalue weighted by atomic mass is 10.0. The molecule has 0 atom stereocenters. The predicted octanol–water partition coefficient (Wildman–Crippen LogP) is 14.1. The van der Waals surface area contributed by atoms with Gasteiger partial charge in [-0.3, -0.25) is 0 Å². The van der Waals surface area contributed by atoms with Crippen molar-refractivity contribution in [3.05, 3.63) is 105 Å². The molecule has 0 saturated heterocycles. The molecule has 0 N–H and O–H groups in total.